The fourth-order valence-corrected chi connectivity index (χ4v) is 2.44. The predicted octanol–water partition coefficient (Wildman–Crippen LogP) is 3.68. The number of halogens is 1. The molecule has 0 radical (unpaired) electrons. The van der Waals surface area contributed by atoms with Gasteiger partial charge < -0.3 is 10.5 Å². The Morgan fingerprint density at radius 3 is 2.75 bits per heavy atom. The van der Waals surface area contributed by atoms with Gasteiger partial charge >= 0.3 is 0 Å². The zero-order valence-electron chi connectivity index (χ0n) is 11.7. The number of nitrogens with zero attached hydrogens (tertiary/aromatic N) is 2. The smallest absolute Gasteiger partial charge is 0.161 e. The van der Waals surface area contributed by atoms with Gasteiger partial charge in [0.25, 0.3) is 0 Å². The first-order valence-corrected chi connectivity index (χ1v) is 7.78. The first kappa shape index (κ1) is 15.0. The molecular weight excluding hydrogens is 365 g/mol. The number of hydrogen-bond acceptors (Lipinski definition) is 4. The third-order valence-electron chi connectivity index (χ3n) is 2.85. The number of benzene rings is 1. The maximum absolute atomic E-state index is 5.96. The highest BCUT2D eigenvalue weighted by Gasteiger charge is 2.10. The molecule has 5 heteroatoms. The van der Waals surface area contributed by atoms with Crippen molar-refractivity contribution in [3.05, 3.63) is 33.5 Å². The molecule has 0 saturated carbocycles. The maximum Gasteiger partial charge on any atom is 0.161 e. The van der Waals surface area contributed by atoms with E-state index in [1.54, 1.807) is 0 Å². The lowest BCUT2D eigenvalue weighted by atomic mass is 10.2. The second kappa shape index (κ2) is 6.88. The molecule has 2 N–H and O–H groups in total. The van der Waals surface area contributed by atoms with Crippen molar-refractivity contribution in [3.8, 4) is 17.1 Å². The van der Waals surface area contributed by atoms with Gasteiger partial charge in [-0.2, -0.15) is 0 Å². The summed E-state index contributed by atoms with van der Waals surface area (Å²) >= 11 is 2.19. The number of aryl methyl sites for hydroxylation is 1. The summed E-state index contributed by atoms with van der Waals surface area (Å²) in [5.41, 5.74) is 7.87. The van der Waals surface area contributed by atoms with Crippen molar-refractivity contribution in [2.45, 2.75) is 26.7 Å². The molecule has 0 amide bonds. The Morgan fingerprint density at radius 2 is 2.05 bits per heavy atom. The molecular formula is C15H18IN3O. The Kier molecular flexibility index (Phi) is 5.17. The third-order valence-corrected chi connectivity index (χ3v) is 4.02. The summed E-state index contributed by atoms with van der Waals surface area (Å²) < 4.78 is 6.58. The Hall–Kier alpha value is -1.37. The summed E-state index contributed by atoms with van der Waals surface area (Å²) in [4.78, 5) is 8.97. The first-order chi connectivity index (χ1) is 9.65. The minimum absolute atomic E-state index is 0.535. The fraction of sp³-hybridized carbons (Fsp3) is 0.333. The zero-order valence-corrected chi connectivity index (χ0v) is 13.8. The molecule has 0 spiro atoms. The molecule has 106 valence electrons. The molecule has 0 bridgehead atoms. The Balaban J connectivity index is 2.38. The van der Waals surface area contributed by atoms with Gasteiger partial charge in [0.2, 0.25) is 0 Å². The fourth-order valence-electron chi connectivity index (χ4n) is 1.82. The molecule has 1 heterocycles. The van der Waals surface area contributed by atoms with Crippen LogP contribution in [-0.2, 0) is 6.42 Å². The molecule has 4 nitrogen and oxygen atoms in total. The van der Waals surface area contributed by atoms with E-state index in [9.17, 15) is 0 Å². The van der Waals surface area contributed by atoms with Gasteiger partial charge in [-0.25, -0.2) is 9.97 Å². The van der Waals surface area contributed by atoms with Crippen LogP contribution in [0.1, 0.15) is 26.0 Å². The van der Waals surface area contributed by atoms with E-state index in [2.05, 4.69) is 46.4 Å². The minimum atomic E-state index is 0.535. The SMILES string of the molecule is CCCOc1cccc(-c2nc(N)c(I)c(CC)n2)c1. The van der Waals surface area contributed by atoms with E-state index >= 15 is 0 Å². The second-order valence-electron chi connectivity index (χ2n) is 4.42. The topological polar surface area (TPSA) is 61.0 Å². The highest BCUT2D eigenvalue weighted by Crippen LogP contribution is 2.25. The quantitative estimate of drug-likeness (QED) is 0.801. The number of hydrogen-bond donors (Lipinski definition) is 1. The molecule has 0 aliphatic heterocycles. The largest absolute Gasteiger partial charge is 0.494 e. The monoisotopic (exact) mass is 383 g/mol. The van der Waals surface area contributed by atoms with Crippen LogP contribution in [0.5, 0.6) is 5.75 Å². The third kappa shape index (κ3) is 3.39. The summed E-state index contributed by atoms with van der Waals surface area (Å²) in [6.07, 6.45) is 1.82. The van der Waals surface area contributed by atoms with Crippen molar-refractivity contribution in [2.24, 2.45) is 0 Å². The van der Waals surface area contributed by atoms with E-state index in [0.29, 0.717) is 18.2 Å². The molecule has 1 aromatic carbocycles. The van der Waals surface area contributed by atoms with Gasteiger partial charge in [-0.15, -0.1) is 0 Å². The van der Waals surface area contributed by atoms with E-state index in [-0.39, 0.29) is 0 Å². The molecule has 0 unspecified atom stereocenters. The van der Waals surface area contributed by atoms with Crippen LogP contribution in [0.25, 0.3) is 11.4 Å². The zero-order chi connectivity index (χ0) is 14.5. The molecule has 1 aromatic heterocycles. The van der Waals surface area contributed by atoms with Gasteiger partial charge in [0, 0.05) is 5.56 Å². The van der Waals surface area contributed by atoms with Gasteiger partial charge in [-0.3, -0.25) is 0 Å². The predicted molar refractivity (Wildman–Crippen MR) is 89.8 cm³/mol. The molecule has 0 saturated heterocycles. The molecule has 2 rings (SSSR count). The van der Waals surface area contributed by atoms with E-state index in [1.807, 2.05) is 24.3 Å². The number of nitrogens with two attached hydrogens (primary N) is 1. The number of rotatable bonds is 5. The summed E-state index contributed by atoms with van der Waals surface area (Å²) in [6.45, 7) is 4.86. The number of aromatic nitrogens is 2. The van der Waals surface area contributed by atoms with Crippen molar-refractivity contribution in [1.29, 1.82) is 0 Å². The molecule has 20 heavy (non-hydrogen) atoms. The van der Waals surface area contributed by atoms with E-state index in [4.69, 9.17) is 10.5 Å². The lowest BCUT2D eigenvalue weighted by Gasteiger charge is -2.09. The van der Waals surface area contributed by atoms with Crippen LogP contribution in [-0.4, -0.2) is 16.6 Å². The van der Waals surface area contributed by atoms with Crippen molar-refractivity contribution in [3.63, 3.8) is 0 Å². The molecule has 0 aliphatic rings. The summed E-state index contributed by atoms with van der Waals surface area (Å²) in [7, 11) is 0. The standard InChI is InChI=1S/C15H18IN3O/c1-3-8-20-11-7-5-6-10(9-11)15-18-12(4-2)13(16)14(17)19-15/h5-7,9H,3-4,8H2,1-2H3,(H2,17,18,19). The van der Waals surface area contributed by atoms with Gasteiger partial charge in [-0.05, 0) is 47.6 Å². The van der Waals surface area contributed by atoms with Crippen molar-refractivity contribution in [1.82, 2.24) is 9.97 Å². The van der Waals surface area contributed by atoms with Gasteiger partial charge in [0.15, 0.2) is 5.82 Å². The lowest BCUT2D eigenvalue weighted by Crippen LogP contribution is -2.04. The van der Waals surface area contributed by atoms with Gasteiger partial charge in [-0.1, -0.05) is 26.0 Å². The van der Waals surface area contributed by atoms with Crippen molar-refractivity contribution in [2.75, 3.05) is 12.3 Å². The van der Waals surface area contributed by atoms with Gasteiger partial charge in [0.1, 0.15) is 11.6 Å². The second-order valence-corrected chi connectivity index (χ2v) is 5.50. The van der Waals surface area contributed by atoms with Crippen molar-refractivity contribution >= 4 is 28.4 Å². The maximum atomic E-state index is 5.96. The van der Waals surface area contributed by atoms with Crippen LogP contribution in [0.3, 0.4) is 0 Å². The molecule has 0 aliphatic carbocycles. The highest BCUT2D eigenvalue weighted by atomic mass is 127. The average Bonchev–Trinajstić information content (AvgIpc) is 2.48. The van der Waals surface area contributed by atoms with Gasteiger partial charge in [0.05, 0.1) is 15.9 Å². The Bertz CT molecular complexity index is 602. The van der Waals surface area contributed by atoms with Crippen LogP contribution in [0.2, 0.25) is 0 Å². The minimum Gasteiger partial charge on any atom is -0.494 e. The Labute approximate surface area is 132 Å². The number of ether oxygens (including phenoxy) is 1. The summed E-state index contributed by atoms with van der Waals surface area (Å²) in [6, 6.07) is 7.82. The van der Waals surface area contributed by atoms with Crippen molar-refractivity contribution < 1.29 is 4.74 Å². The molecule has 0 atom stereocenters. The van der Waals surface area contributed by atoms with E-state index < -0.39 is 0 Å². The normalized spacial score (nSPS) is 10.6. The lowest BCUT2D eigenvalue weighted by molar-refractivity contribution is 0.317. The molecule has 0 fully saturated rings. The van der Waals surface area contributed by atoms with Crippen LogP contribution in [0.4, 0.5) is 5.82 Å². The van der Waals surface area contributed by atoms with Crippen LogP contribution < -0.4 is 10.5 Å². The van der Waals surface area contributed by atoms with Crippen LogP contribution >= 0.6 is 22.6 Å². The van der Waals surface area contributed by atoms with E-state index in [0.717, 1.165) is 33.4 Å². The van der Waals surface area contributed by atoms with Crippen LogP contribution in [0.15, 0.2) is 24.3 Å². The molecule has 2 aromatic rings. The summed E-state index contributed by atoms with van der Waals surface area (Å²) in [5, 5.41) is 0. The first-order valence-electron chi connectivity index (χ1n) is 6.70. The summed E-state index contributed by atoms with van der Waals surface area (Å²) in [5.74, 6) is 2.03. The highest BCUT2D eigenvalue weighted by molar-refractivity contribution is 14.1. The number of anilines is 1. The Morgan fingerprint density at radius 1 is 1.25 bits per heavy atom. The van der Waals surface area contributed by atoms with E-state index in [1.165, 1.54) is 0 Å². The van der Waals surface area contributed by atoms with Crippen LogP contribution in [0, 0.1) is 3.57 Å². The number of nitrogen functional groups attached to an aromatic ring is 1. The average molecular weight is 383 g/mol.